The van der Waals surface area contributed by atoms with Crippen molar-refractivity contribution in [3.05, 3.63) is 100.0 Å². The van der Waals surface area contributed by atoms with Crippen LogP contribution in [0.3, 0.4) is 0 Å². The minimum Gasteiger partial charge on any atom is -0.345 e. The van der Waals surface area contributed by atoms with E-state index in [0.717, 1.165) is 17.0 Å². The fraction of sp³-hybridized carbons (Fsp3) is 0.192. The molecule has 2 heterocycles. The highest BCUT2D eigenvalue weighted by Crippen LogP contribution is 2.22. The van der Waals surface area contributed by atoms with E-state index in [1.807, 2.05) is 57.2 Å². The molecule has 178 valence electrons. The standard InChI is InChI=1S/C26H25ClN6O2/c1-16-13-17(2)29-26(28-16)33-23(14-18(3)32-33)31-24(34)15-22(19-9-5-4-6-10-19)30-25(35)20-11-7-8-12-21(20)27/h4-14,22H,15H2,1-3H3,(H,30,35)(H,31,34). The number of carbonyl (C=O) groups excluding carboxylic acids is 2. The predicted octanol–water partition coefficient (Wildman–Crippen LogP) is 4.74. The first-order valence-corrected chi connectivity index (χ1v) is 11.5. The second-order valence-corrected chi connectivity index (χ2v) is 8.61. The van der Waals surface area contributed by atoms with Crippen LogP contribution in [0.2, 0.25) is 5.02 Å². The summed E-state index contributed by atoms with van der Waals surface area (Å²) in [6.07, 6.45) is -0.00185. The largest absolute Gasteiger partial charge is 0.345 e. The van der Waals surface area contributed by atoms with Gasteiger partial charge in [-0.25, -0.2) is 9.97 Å². The van der Waals surface area contributed by atoms with Gasteiger partial charge in [0.15, 0.2) is 0 Å². The van der Waals surface area contributed by atoms with E-state index in [4.69, 9.17) is 11.6 Å². The van der Waals surface area contributed by atoms with Crippen LogP contribution in [0.5, 0.6) is 0 Å². The number of nitrogens with zero attached hydrogens (tertiary/aromatic N) is 4. The minimum absolute atomic E-state index is 0.00185. The Kier molecular flexibility index (Phi) is 7.22. The van der Waals surface area contributed by atoms with Gasteiger partial charge in [-0.1, -0.05) is 54.1 Å². The fourth-order valence-electron chi connectivity index (χ4n) is 3.74. The maximum absolute atomic E-state index is 13.1. The van der Waals surface area contributed by atoms with Crippen LogP contribution in [0.1, 0.15) is 45.5 Å². The summed E-state index contributed by atoms with van der Waals surface area (Å²) in [5.74, 6) is 0.157. The first kappa shape index (κ1) is 24.1. The molecular weight excluding hydrogens is 464 g/mol. The van der Waals surface area contributed by atoms with E-state index in [9.17, 15) is 9.59 Å². The summed E-state index contributed by atoms with van der Waals surface area (Å²) in [5, 5.41) is 10.6. The molecule has 0 spiro atoms. The van der Waals surface area contributed by atoms with Crippen LogP contribution in [0, 0.1) is 20.8 Å². The third-order valence-electron chi connectivity index (χ3n) is 5.27. The van der Waals surface area contributed by atoms with Gasteiger partial charge in [-0.3, -0.25) is 9.59 Å². The second-order valence-electron chi connectivity index (χ2n) is 8.20. The summed E-state index contributed by atoms with van der Waals surface area (Å²) in [4.78, 5) is 35.0. The Morgan fingerprint density at radius 3 is 2.26 bits per heavy atom. The zero-order valence-electron chi connectivity index (χ0n) is 19.6. The third-order valence-corrected chi connectivity index (χ3v) is 5.60. The van der Waals surface area contributed by atoms with Crippen molar-refractivity contribution < 1.29 is 9.59 Å². The number of nitrogens with one attached hydrogen (secondary N) is 2. The number of aromatic nitrogens is 4. The monoisotopic (exact) mass is 488 g/mol. The smallest absolute Gasteiger partial charge is 0.253 e. The number of halogens is 1. The number of rotatable bonds is 7. The van der Waals surface area contributed by atoms with Crippen LogP contribution < -0.4 is 10.6 Å². The summed E-state index contributed by atoms with van der Waals surface area (Å²) in [5.41, 5.74) is 3.44. The van der Waals surface area contributed by atoms with E-state index < -0.39 is 6.04 Å². The summed E-state index contributed by atoms with van der Waals surface area (Å²) in [6.45, 7) is 5.57. The summed E-state index contributed by atoms with van der Waals surface area (Å²) < 4.78 is 1.51. The van der Waals surface area contributed by atoms with Gasteiger partial charge in [0.2, 0.25) is 5.91 Å². The summed E-state index contributed by atoms with van der Waals surface area (Å²) >= 11 is 6.20. The number of carbonyl (C=O) groups is 2. The molecule has 4 rings (SSSR count). The summed E-state index contributed by atoms with van der Waals surface area (Å²) in [7, 11) is 0. The molecule has 4 aromatic rings. The van der Waals surface area contributed by atoms with Crippen molar-refractivity contribution in [3.8, 4) is 5.95 Å². The highest BCUT2D eigenvalue weighted by Gasteiger charge is 2.22. The molecule has 0 aliphatic rings. The lowest BCUT2D eigenvalue weighted by Crippen LogP contribution is -2.32. The maximum atomic E-state index is 13.1. The summed E-state index contributed by atoms with van der Waals surface area (Å²) in [6, 6.07) is 19.2. The van der Waals surface area contributed by atoms with Crippen molar-refractivity contribution in [2.75, 3.05) is 5.32 Å². The van der Waals surface area contributed by atoms with E-state index in [2.05, 4.69) is 25.7 Å². The first-order valence-electron chi connectivity index (χ1n) is 11.1. The molecule has 2 N–H and O–H groups in total. The lowest BCUT2D eigenvalue weighted by Gasteiger charge is -2.19. The Labute approximate surface area is 208 Å². The van der Waals surface area contributed by atoms with E-state index in [1.165, 1.54) is 4.68 Å². The molecule has 2 aromatic heterocycles. The van der Waals surface area contributed by atoms with Crippen molar-refractivity contribution in [2.45, 2.75) is 33.2 Å². The molecule has 0 radical (unpaired) electrons. The zero-order valence-corrected chi connectivity index (χ0v) is 20.4. The van der Waals surface area contributed by atoms with Gasteiger partial charge in [0.25, 0.3) is 11.9 Å². The second kappa shape index (κ2) is 10.5. The normalized spacial score (nSPS) is 11.7. The van der Waals surface area contributed by atoms with E-state index in [0.29, 0.717) is 28.0 Å². The minimum atomic E-state index is -0.574. The van der Waals surface area contributed by atoms with Gasteiger partial charge >= 0.3 is 0 Å². The molecule has 0 aliphatic carbocycles. The van der Waals surface area contributed by atoms with Crippen LogP contribution >= 0.6 is 11.6 Å². The highest BCUT2D eigenvalue weighted by atomic mass is 35.5. The highest BCUT2D eigenvalue weighted by molar-refractivity contribution is 6.33. The molecule has 0 saturated carbocycles. The molecule has 2 aromatic carbocycles. The van der Waals surface area contributed by atoms with Crippen molar-refractivity contribution in [3.63, 3.8) is 0 Å². The molecule has 1 unspecified atom stereocenters. The lowest BCUT2D eigenvalue weighted by atomic mass is 10.0. The molecule has 1 atom stereocenters. The van der Waals surface area contributed by atoms with Gasteiger partial charge < -0.3 is 10.6 Å². The molecule has 2 amide bonds. The average Bonchev–Trinajstić information content (AvgIpc) is 3.18. The number of hydrogen-bond donors (Lipinski definition) is 2. The number of anilines is 1. The Hall–Kier alpha value is -4.04. The topological polar surface area (TPSA) is 102 Å². The molecule has 0 saturated heterocycles. The van der Waals surface area contributed by atoms with Crippen LogP contribution in [0.4, 0.5) is 5.82 Å². The van der Waals surface area contributed by atoms with Gasteiger partial charge in [0.05, 0.1) is 28.7 Å². The third kappa shape index (κ3) is 5.91. The molecule has 0 aliphatic heterocycles. The first-order chi connectivity index (χ1) is 16.8. The molecule has 35 heavy (non-hydrogen) atoms. The Morgan fingerprint density at radius 1 is 0.914 bits per heavy atom. The zero-order chi connectivity index (χ0) is 24.9. The van der Waals surface area contributed by atoms with Gasteiger partial charge in [-0.15, -0.1) is 0 Å². The molecule has 0 fully saturated rings. The van der Waals surface area contributed by atoms with Gasteiger partial charge in [0.1, 0.15) is 5.82 Å². The van der Waals surface area contributed by atoms with E-state index in [-0.39, 0.29) is 18.2 Å². The number of hydrogen-bond acceptors (Lipinski definition) is 5. The van der Waals surface area contributed by atoms with Crippen molar-refractivity contribution >= 4 is 29.2 Å². The van der Waals surface area contributed by atoms with Gasteiger partial charge in [-0.05, 0) is 44.5 Å². The van der Waals surface area contributed by atoms with Crippen LogP contribution in [0.25, 0.3) is 5.95 Å². The molecule has 8 nitrogen and oxygen atoms in total. The van der Waals surface area contributed by atoms with Crippen molar-refractivity contribution in [1.29, 1.82) is 0 Å². The Bertz CT molecular complexity index is 1350. The van der Waals surface area contributed by atoms with Crippen LogP contribution in [0.15, 0.2) is 66.7 Å². The number of aryl methyl sites for hydroxylation is 3. The number of benzene rings is 2. The fourth-order valence-corrected chi connectivity index (χ4v) is 3.96. The van der Waals surface area contributed by atoms with E-state index >= 15 is 0 Å². The maximum Gasteiger partial charge on any atom is 0.253 e. The van der Waals surface area contributed by atoms with Gasteiger partial charge in [-0.2, -0.15) is 9.78 Å². The van der Waals surface area contributed by atoms with Crippen molar-refractivity contribution in [2.24, 2.45) is 0 Å². The van der Waals surface area contributed by atoms with Crippen LogP contribution in [-0.4, -0.2) is 31.6 Å². The lowest BCUT2D eigenvalue weighted by molar-refractivity contribution is -0.116. The molecule has 9 heteroatoms. The Balaban J connectivity index is 1.57. The van der Waals surface area contributed by atoms with E-state index in [1.54, 1.807) is 30.3 Å². The molecular formula is C26H25ClN6O2. The van der Waals surface area contributed by atoms with Crippen molar-refractivity contribution in [1.82, 2.24) is 25.1 Å². The van der Waals surface area contributed by atoms with Gasteiger partial charge in [0, 0.05) is 17.5 Å². The van der Waals surface area contributed by atoms with Crippen LogP contribution in [-0.2, 0) is 4.79 Å². The SMILES string of the molecule is Cc1cc(C)nc(-n2nc(C)cc2NC(=O)CC(NC(=O)c2ccccc2Cl)c2ccccc2)n1. The average molecular weight is 489 g/mol. The quantitative estimate of drug-likeness (QED) is 0.391. The Morgan fingerprint density at radius 2 is 1.57 bits per heavy atom. The number of amides is 2. The molecule has 0 bridgehead atoms. The predicted molar refractivity (Wildman–Crippen MR) is 135 cm³/mol.